The number of carbonyl (C=O) groups is 1. The average Bonchev–Trinajstić information content (AvgIpc) is 2.70. The highest BCUT2D eigenvalue weighted by Crippen LogP contribution is 2.29. The second-order valence-electron chi connectivity index (χ2n) is 3.90. The quantitative estimate of drug-likeness (QED) is 0.759. The van der Waals surface area contributed by atoms with E-state index >= 15 is 0 Å². The summed E-state index contributed by atoms with van der Waals surface area (Å²) in [5.74, 6) is 0.756. The lowest BCUT2D eigenvalue weighted by molar-refractivity contribution is 0.111. The second-order valence-corrected chi connectivity index (χ2v) is 3.90. The van der Waals surface area contributed by atoms with Gasteiger partial charge in [0.05, 0.1) is 12.8 Å². The maximum Gasteiger partial charge on any atom is 0.168 e. The highest BCUT2D eigenvalue weighted by atomic mass is 16.5. The van der Waals surface area contributed by atoms with Crippen LogP contribution in [0.4, 0.5) is 0 Å². The van der Waals surface area contributed by atoms with E-state index in [4.69, 9.17) is 4.74 Å². The molecule has 0 spiro atoms. The topological polar surface area (TPSA) is 44.1 Å². The minimum atomic E-state index is 0.545. The van der Waals surface area contributed by atoms with Crippen molar-refractivity contribution in [1.29, 1.82) is 0 Å². The van der Waals surface area contributed by atoms with Crippen LogP contribution in [0.1, 0.15) is 16.1 Å². The van der Waals surface area contributed by atoms with Crippen molar-refractivity contribution in [3.63, 3.8) is 0 Å². The van der Waals surface area contributed by atoms with Crippen molar-refractivity contribution in [3.8, 4) is 17.0 Å². The summed E-state index contributed by atoms with van der Waals surface area (Å²) in [6.07, 6.45) is 0.790. The summed E-state index contributed by atoms with van der Waals surface area (Å²) in [7, 11) is 3.37. The molecule has 0 saturated heterocycles. The molecule has 0 atom stereocenters. The minimum absolute atomic E-state index is 0.545. The predicted molar refractivity (Wildman–Crippen MR) is 65.3 cm³/mol. The summed E-state index contributed by atoms with van der Waals surface area (Å²) in [5, 5.41) is 4.31. The number of aldehydes is 1. The van der Waals surface area contributed by atoms with Gasteiger partial charge >= 0.3 is 0 Å². The third-order valence-corrected chi connectivity index (χ3v) is 2.67. The van der Waals surface area contributed by atoms with Crippen LogP contribution in [0.5, 0.6) is 5.75 Å². The Morgan fingerprint density at radius 2 is 2.12 bits per heavy atom. The van der Waals surface area contributed by atoms with Crippen molar-refractivity contribution in [2.45, 2.75) is 6.92 Å². The van der Waals surface area contributed by atoms with E-state index < -0.39 is 0 Å². The largest absolute Gasteiger partial charge is 0.496 e. The second kappa shape index (κ2) is 4.41. The molecule has 0 saturated carbocycles. The third-order valence-electron chi connectivity index (χ3n) is 2.67. The van der Waals surface area contributed by atoms with Crippen molar-refractivity contribution in [1.82, 2.24) is 9.78 Å². The molecule has 1 heterocycles. The van der Waals surface area contributed by atoms with E-state index in [9.17, 15) is 4.79 Å². The smallest absolute Gasteiger partial charge is 0.168 e. The summed E-state index contributed by atoms with van der Waals surface area (Å²) in [4.78, 5) is 10.8. The molecular weight excluding hydrogens is 216 g/mol. The van der Waals surface area contributed by atoms with Gasteiger partial charge in [-0.1, -0.05) is 11.6 Å². The van der Waals surface area contributed by atoms with Gasteiger partial charge in [-0.15, -0.1) is 0 Å². The fourth-order valence-corrected chi connectivity index (χ4v) is 1.75. The number of aryl methyl sites for hydroxylation is 2. The van der Waals surface area contributed by atoms with Crippen LogP contribution in [0, 0.1) is 6.92 Å². The number of ether oxygens (including phenoxy) is 1. The van der Waals surface area contributed by atoms with Crippen LogP contribution in [-0.4, -0.2) is 23.2 Å². The van der Waals surface area contributed by atoms with Gasteiger partial charge < -0.3 is 4.74 Å². The molecule has 0 aliphatic carbocycles. The number of methoxy groups -OCH3 is 1. The molecule has 0 bridgehead atoms. The van der Waals surface area contributed by atoms with Crippen LogP contribution in [0.25, 0.3) is 11.3 Å². The first kappa shape index (κ1) is 11.4. The molecule has 1 aromatic carbocycles. The Hall–Kier alpha value is -2.10. The summed E-state index contributed by atoms with van der Waals surface area (Å²) in [6, 6.07) is 7.63. The van der Waals surface area contributed by atoms with Crippen molar-refractivity contribution in [2.75, 3.05) is 7.11 Å². The van der Waals surface area contributed by atoms with Gasteiger partial charge in [0.1, 0.15) is 11.4 Å². The first-order valence-electron chi connectivity index (χ1n) is 5.30. The predicted octanol–water partition coefficient (Wildman–Crippen LogP) is 2.22. The van der Waals surface area contributed by atoms with E-state index in [1.165, 1.54) is 0 Å². The Morgan fingerprint density at radius 3 is 2.71 bits per heavy atom. The number of carbonyl (C=O) groups excluding carboxylic acids is 1. The zero-order valence-corrected chi connectivity index (χ0v) is 10.1. The molecule has 0 amide bonds. The monoisotopic (exact) mass is 230 g/mol. The Kier molecular flexibility index (Phi) is 2.95. The van der Waals surface area contributed by atoms with Crippen LogP contribution in [0.15, 0.2) is 24.3 Å². The third kappa shape index (κ3) is 2.06. The summed E-state index contributed by atoms with van der Waals surface area (Å²) >= 11 is 0. The molecule has 4 nitrogen and oxygen atoms in total. The maximum absolute atomic E-state index is 10.8. The van der Waals surface area contributed by atoms with Gasteiger partial charge in [-0.2, -0.15) is 5.10 Å². The van der Waals surface area contributed by atoms with E-state index in [2.05, 4.69) is 5.10 Å². The highest BCUT2D eigenvalue weighted by molar-refractivity contribution is 5.77. The maximum atomic E-state index is 10.8. The van der Waals surface area contributed by atoms with Gasteiger partial charge in [0, 0.05) is 12.6 Å². The van der Waals surface area contributed by atoms with Crippen molar-refractivity contribution < 1.29 is 9.53 Å². The normalized spacial score (nSPS) is 10.3. The molecule has 17 heavy (non-hydrogen) atoms. The molecule has 2 rings (SSSR count). The first-order valence-corrected chi connectivity index (χ1v) is 5.30. The lowest BCUT2D eigenvalue weighted by Gasteiger charge is -2.06. The molecular formula is C13H14N2O2. The fourth-order valence-electron chi connectivity index (χ4n) is 1.75. The Balaban J connectivity index is 2.58. The molecule has 1 aromatic heterocycles. The number of hydrogen-bond donors (Lipinski definition) is 0. The average molecular weight is 230 g/mol. The van der Waals surface area contributed by atoms with E-state index in [0.717, 1.165) is 28.9 Å². The van der Waals surface area contributed by atoms with Crippen LogP contribution < -0.4 is 4.74 Å². The molecule has 4 heteroatoms. The van der Waals surface area contributed by atoms with E-state index in [-0.39, 0.29) is 0 Å². The number of aromatic nitrogens is 2. The Labute approximate surface area is 99.8 Å². The zero-order chi connectivity index (χ0) is 12.4. The lowest BCUT2D eigenvalue weighted by atomic mass is 10.1. The molecule has 0 aliphatic rings. The van der Waals surface area contributed by atoms with Gasteiger partial charge in [-0.25, -0.2) is 0 Å². The van der Waals surface area contributed by atoms with Crippen molar-refractivity contribution >= 4 is 6.29 Å². The van der Waals surface area contributed by atoms with E-state index in [0.29, 0.717) is 5.69 Å². The first-order chi connectivity index (χ1) is 8.15. The molecule has 0 fully saturated rings. The van der Waals surface area contributed by atoms with Crippen LogP contribution in [-0.2, 0) is 7.05 Å². The van der Waals surface area contributed by atoms with Crippen LogP contribution in [0.2, 0.25) is 0 Å². The fraction of sp³-hybridized carbons (Fsp3) is 0.231. The number of rotatable bonds is 3. The van der Waals surface area contributed by atoms with Crippen molar-refractivity contribution in [2.24, 2.45) is 7.05 Å². The van der Waals surface area contributed by atoms with Crippen LogP contribution >= 0.6 is 0 Å². The van der Waals surface area contributed by atoms with E-state index in [1.54, 1.807) is 24.9 Å². The molecule has 0 N–H and O–H groups in total. The summed E-state index contributed by atoms with van der Waals surface area (Å²) in [6.45, 7) is 2.01. The summed E-state index contributed by atoms with van der Waals surface area (Å²) < 4.78 is 6.86. The van der Waals surface area contributed by atoms with Gasteiger partial charge in [0.25, 0.3) is 0 Å². The van der Waals surface area contributed by atoms with Gasteiger partial charge in [0.2, 0.25) is 0 Å². The van der Waals surface area contributed by atoms with E-state index in [1.807, 2.05) is 25.1 Å². The standard InChI is InChI=1S/C13H14N2O2/c1-9-4-5-13(17-3)11(6-9)12-7-10(8-16)15(2)14-12/h4-8H,1-3H3. The lowest BCUT2D eigenvalue weighted by Crippen LogP contribution is -1.96. The van der Waals surface area contributed by atoms with Crippen molar-refractivity contribution in [3.05, 3.63) is 35.5 Å². The highest BCUT2D eigenvalue weighted by Gasteiger charge is 2.11. The summed E-state index contributed by atoms with van der Waals surface area (Å²) in [5.41, 5.74) is 3.31. The number of nitrogens with zero attached hydrogens (tertiary/aromatic N) is 2. The molecule has 0 unspecified atom stereocenters. The van der Waals surface area contributed by atoms with Gasteiger partial charge in [0.15, 0.2) is 6.29 Å². The Morgan fingerprint density at radius 1 is 1.35 bits per heavy atom. The van der Waals surface area contributed by atoms with Gasteiger partial charge in [-0.3, -0.25) is 9.48 Å². The Bertz CT molecular complexity index is 559. The molecule has 2 aromatic rings. The molecule has 88 valence electrons. The van der Waals surface area contributed by atoms with Crippen LogP contribution in [0.3, 0.4) is 0 Å². The SMILES string of the molecule is COc1ccc(C)cc1-c1cc(C=O)n(C)n1. The minimum Gasteiger partial charge on any atom is -0.496 e. The molecule has 0 radical (unpaired) electrons. The number of benzene rings is 1. The zero-order valence-electron chi connectivity index (χ0n) is 10.1. The van der Waals surface area contributed by atoms with Gasteiger partial charge in [-0.05, 0) is 25.1 Å². The number of hydrogen-bond acceptors (Lipinski definition) is 3. The molecule has 0 aliphatic heterocycles.